The van der Waals surface area contributed by atoms with Crippen LogP contribution >= 0.6 is 34.2 Å². The second kappa shape index (κ2) is 7.37. The first-order valence-electron chi connectivity index (χ1n) is 7.59. The van der Waals surface area contributed by atoms with Crippen LogP contribution in [0.3, 0.4) is 0 Å². The number of carbonyl (C=O) groups is 1. The van der Waals surface area contributed by atoms with Gasteiger partial charge in [-0.2, -0.15) is 5.10 Å². The fraction of sp³-hybridized carbons (Fsp3) is 0.375. The molecule has 5 nitrogen and oxygen atoms in total. The number of halogens is 3. The van der Waals surface area contributed by atoms with Crippen LogP contribution in [0.5, 0.6) is 0 Å². The van der Waals surface area contributed by atoms with Gasteiger partial charge in [0.1, 0.15) is 5.82 Å². The van der Waals surface area contributed by atoms with Crippen LogP contribution in [0.2, 0.25) is 5.02 Å². The van der Waals surface area contributed by atoms with E-state index in [1.54, 1.807) is 28.8 Å². The Morgan fingerprint density at radius 2 is 2.04 bits per heavy atom. The minimum atomic E-state index is -0.288. The van der Waals surface area contributed by atoms with Crippen LogP contribution < -0.4 is 0 Å². The molecule has 0 saturated carbocycles. The van der Waals surface area contributed by atoms with Crippen LogP contribution in [-0.2, 0) is 13.6 Å². The second-order valence-corrected chi connectivity index (χ2v) is 7.34. The monoisotopic (exact) mass is 462 g/mol. The van der Waals surface area contributed by atoms with Crippen LogP contribution in [-0.4, -0.2) is 51.7 Å². The SMILES string of the molecule is Cn1cc(I)c(C(=O)N2CCN(Cc3c(F)cccc3Cl)CC2)n1. The Morgan fingerprint density at radius 1 is 1.33 bits per heavy atom. The molecular weight excluding hydrogens is 446 g/mol. The zero-order valence-electron chi connectivity index (χ0n) is 13.2. The molecule has 0 atom stereocenters. The highest BCUT2D eigenvalue weighted by molar-refractivity contribution is 14.1. The molecule has 1 aromatic carbocycles. The van der Waals surface area contributed by atoms with Gasteiger partial charge in [0, 0.05) is 56.6 Å². The summed E-state index contributed by atoms with van der Waals surface area (Å²) in [5, 5.41) is 4.67. The predicted octanol–water partition coefficient (Wildman–Crippen LogP) is 2.78. The van der Waals surface area contributed by atoms with Crippen molar-refractivity contribution < 1.29 is 9.18 Å². The number of piperazine rings is 1. The Balaban J connectivity index is 1.62. The largest absolute Gasteiger partial charge is 0.335 e. The molecule has 1 amide bonds. The normalized spacial score (nSPS) is 15.8. The Morgan fingerprint density at radius 3 is 2.62 bits per heavy atom. The summed E-state index contributed by atoms with van der Waals surface area (Å²) in [7, 11) is 1.80. The van der Waals surface area contributed by atoms with Gasteiger partial charge in [0.2, 0.25) is 0 Å². The molecule has 2 heterocycles. The molecule has 1 fully saturated rings. The average Bonchev–Trinajstić information content (AvgIpc) is 2.89. The molecule has 1 aliphatic heterocycles. The van der Waals surface area contributed by atoms with Gasteiger partial charge in [0.15, 0.2) is 5.69 Å². The van der Waals surface area contributed by atoms with E-state index in [-0.39, 0.29) is 11.7 Å². The standard InChI is InChI=1S/C16H17ClFIN4O/c1-21-10-14(19)15(20-21)16(24)23-7-5-22(6-8-23)9-11-12(17)3-2-4-13(11)18/h2-4,10H,5-9H2,1H3. The summed E-state index contributed by atoms with van der Waals surface area (Å²) in [5.74, 6) is -0.340. The van der Waals surface area contributed by atoms with Crippen molar-refractivity contribution in [2.45, 2.75) is 6.54 Å². The van der Waals surface area contributed by atoms with Crippen molar-refractivity contribution in [1.29, 1.82) is 0 Å². The van der Waals surface area contributed by atoms with Gasteiger partial charge >= 0.3 is 0 Å². The molecule has 0 unspecified atom stereocenters. The first-order valence-corrected chi connectivity index (χ1v) is 9.05. The molecule has 24 heavy (non-hydrogen) atoms. The molecule has 0 N–H and O–H groups in total. The molecule has 128 valence electrons. The quantitative estimate of drug-likeness (QED) is 0.659. The molecule has 8 heteroatoms. The lowest BCUT2D eigenvalue weighted by Crippen LogP contribution is -2.48. The van der Waals surface area contributed by atoms with Gasteiger partial charge in [-0.1, -0.05) is 17.7 Å². The van der Waals surface area contributed by atoms with Crippen molar-refractivity contribution in [3.8, 4) is 0 Å². The number of carbonyl (C=O) groups excluding carboxylic acids is 1. The average molecular weight is 463 g/mol. The summed E-state index contributed by atoms with van der Waals surface area (Å²) in [5.41, 5.74) is 1.00. The lowest BCUT2D eigenvalue weighted by molar-refractivity contribution is 0.0619. The molecule has 1 aliphatic rings. The zero-order valence-corrected chi connectivity index (χ0v) is 16.1. The summed E-state index contributed by atoms with van der Waals surface area (Å²) in [6.45, 7) is 3.00. The highest BCUT2D eigenvalue weighted by atomic mass is 127. The molecule has 0 radical (unpaired) electrons. The van der Waals surface area contributed by atoms with E-state index in [1.807, 2.05) is 6.20 Å². The van der Waals surface area contributed by atoms with Crippen LogP contribution in [0.25, 0.3) is 0 Å². The van der Waals surface area contributed by atoms with Crippen LogP contribution in [0.1, 0.15) is 16.1 Å². The van der Waals surface area contributed by atoms with Gasteiger partial charge in [-0.25, -0.2) is 4.39 Å². The summed E-state index contributed by atoms with van der Waals surface area (Å²) in [6, 6.07) is 4.72. The number of aryl methyl sites for hydroxylation is 1. The second-order valence-electron chi connectivity index (χ2n) is 5.77. The topological polar surface area (TPSA) is 41.4 Å². The molecule has 0 aliphatic carbocycles. The third kappa shape index (κ3) is 3.73. The van der Waals surface area contributed by atoms with Gasteiger partial charge in [0.25, 0.3) is 5.91 Å². The van der Waals surface area contributed by atoms with E-state index in [4.69, 9.17) is 11.6 Å². The first-order chi connectivity index (χ1) is 11.5. The van der Waals surface area contributed by atoms with Crippen molar-refractivity contribution in [2.24, 2.45) is 7.05 Å². The van der Waals surface area contributed by atoms with Gasteiger partial charge in [-0.05, 0) is 34.7 Å². The smallest absolute Gasteiger partial charge is 0.275 e. The Labute approximate surface area is 158 Å². The summed E-state index contributed by atoms with van der Waals surface area (Å²) in [4.78, 5) is 16.5. The van der Waals surface area contributed by atoms with Crippen LogP contribution in [0.15, 0.2) is 24.4 Å². The number of rotatable bonds is 3. The minimum absolute atomic E-state index is 0.0522. The van der Waals surface area contributed by atoms with Gasteiger partial charge in [-0.3, -0.25) is 14.4 Å². The predicted molar refractivity (Wildman–Crippen MR) is 98.5 cm³/mol. The molecule has 0 spiro atoms. The number of hydrogen-bond donors (Lipinski definition) is 0. The van der Waals surface area contributed by atoms with Gasteiger partial charge < -0.3 is 4.90 Å². The molecule has 1 aromatic heterocycles. The maximum Gasteiger partial charge on any atom is 0.275 e. The minimum Gasteiger partial charge on any atom is -0.335 e. The molecular formula is C16H17ClFIN4O. The molecule has 1 saturated heterocycles. The lowest BCUT2D eigenvalue weighted by Gasteiger charge is -2.34. The van der Waals surface area contributed by atoms with E-state index in [0.717, 1.165) is 3.57 Å². The van der Waals surface area contributed by atoms with Crippen LogP contribution in [0.4, 0.5) is 4.39 Å². The van der Waals surface area contributed by atoms with Gasteiger partial charge in [-0.15, -0.1) is 0 Å². The van der Waals surface area contributed by atoms with E-state index in [9.17, 15) is 9.18 Å². The van der Waals surface area contributed by atoms with Crippen molar-refractivity contribution in [3.05, 3.63) is 50.1 Å². The van der Waals surface area contributed by atoms with Crippen molar-refractivity contribution in [3.63, 3.8) is 0 Å². The van der Waals surface area contributed by atoms with Crippen molar-refractivity contribution in [2.75, 3.05) is 26.2 Å². The van der Waals surface area contributed by atoms with E-state index < -0.39 is 0 Å². The third-order valence-electron chi connectivity index (χ3n) is 4.09. The van der Waals surface area contributed by atoms with E-state index >= 15 is 0 Å². The van der Waals surface area contributed by atoms with Crippen molar-refractivity contribution in [1.82, 2.24) is 19.6 Å². The number of benzene rings is 1. The zero-order chi connectivity index (χ0) is 17.3. The Hall–Kier alpha value is -1.19. The summed E-state index contributed by atoms with van der Waals surface area (Å²) < 4.78 is 16.4. The van der Waals surface area contributed by atoms with E-state index in [2.05, 4.69) is 32.6 Å². The number of hydrogen-bond acceptors (Lipinski definition) is 3. The summed E-state index contributed by atoms with van der Waals surface area (Å²) in [6.07, 6.45) is 1.82. The van der Waals surface area contributed by atoms with Crippen molar-refractivity contribution >= 4 is 40.1 Å². The maximum absolute atomic E-state index is 13.9. The lowest BCUT2D eigenvalue weighted by atomic mass is 10.1. The fourth-order valence-electron chi connectivity index (χ4n) is 2.77. The highest BCUT2D eigenvalue weighted by Gasteiger charge is 2.26. The number of aromatic nitrogens is 2. The highest BCUT2D eigenvalue weighted by Crippen LogP contribution is 2.22. The fourth-order valence-corrected chi connectivity index (χ4v) is 3.73. The Kier molecular flexibility index (Phi) is 5.41. The van der Waals surface area contributed by atoms with Crippen LogP contribution in [0, 0.1) is 9.39 Å². The van der Waals surface area contributed by atoms with Gasteiger partial charge in [0.05, 0.1) is 3.57 Å². The summed E-state index contributed by atoms with van der Waals surface area (Å²) >= 11 is 8.21. The molecule has 0 bridgehead atoms. The molecule has 2 aromatic rings. The van der Waals surface area contributed by atoms with E-state index in [0.29, 0.717) is 49.0 Å². The maximum atomic E-state index is 13.9. The molecule has 3 rings (SSSR count). The number of nitrogens with zero attached hydrogens (tertiary/aromatic N) is 4. The van der Waals surface area contributed by atoms with E-state index in [1.165, 1.54) is 6.07 Å². The first kappa shape index (κ1) is 17.6. The Bertz CT molecular complexity index is 738. The third-order valence-corrected chi connectivity index (χ3v) is 5.23. The number of amides is 1.